The van der Waals surface area contributed by atoms with Gasteiger partial charge in [-0.15, -0.1) is 0 Å². The molecule has 2 atom stereocenters. The van der Waals surface area contributed by atoms with Crippen molar-refractivity contribution in [3.63, 3.8) is 0 Å². The van der Waals surface area contributed by atoms with Gasteiger partial charge in [-0.25, -0.2) is 0 Å². The van der Waals surface area contributed by atoms with Crippen molar-refractivity contribution in [1.82, 2.24) is 10.6 Å². The van der Waals surface area contributed by atoms with Gasteiger partial charge in [-0.1, -0.05) is 12.1 Å². The number of phenolic OH excluding ortho intramolecular Hbond substituents is 1. The van der Waals surface area contributed by atoms with E-state index in [2.05, 4.69) is 47.0 Å². The number of rotatable bonds is 2. The second-order valence-electron chi connectivity index (χ2n) is 11.3. The Hall–Kier alpha value is -4.20. The van der Waals surface area contributed by atoms with E-state index in [1.165, 1.54) is 16.7 Å². The van der Waals surface area contributed by atoms with Crippen molar-refractivity contribution in [2.75, 3.05) is 27.3 Å². The molecule has 0 aromatic heterocycles. The number of ether oxygens (including phenoxy) is 4. The third-order valence-electron chi connectivity index (χ3n) is 8.96. The van der Waals surface area contributed by atoms with Crippen molar-refractivity contribution in [3.8, 4) is 51.4 Å². The van der Waals surface area contributed by atoms with Crippen molar-refractivity contribution in [3.05, 3.63) is 88.0 Å². The minimum Gasteiger partial charge on any atom is -0.507 e. The maximum absolute atomic E-state index is 11.0. The fraction of sp³-hybridized carbons (Fsp3) is 0.294. The number of aromatic hydroxyl groups is 1. The van der Waals surface area contributed by atoms with Crippen LogP contribution in [0.4, 0.5) is 0 Å². The fourth-order valence-corrected chi connectivity index (χ4v) is 6.98. The number of phenols is 1. The summed E-state index contributed by atoms with van der Waals surface area (Å²) in [4.78, 5) is 0. The van der Waals surface area contributed by atoms with E-state index >= 15 is 0 Å². The van der Waals surface area contributed by atoms with Gasteiger partial charge < -0.3 is 34.7 Å². The molecule has 4 aliphatic heterocycles. The molecule has 4 aromatic rings. The average Bonchev–Trinajstić information content (AvgIpc) is 2.99. The average molecular weight is 549 g/mol. The quantitative estimate of drug-likeness (QED) is 0.244. The van der Waals surface area contributed by atoms with E-state index in [-0.39, 0.29) is 17.8 Å². The first-order valence-corrected chi connectivity index (χ1v) is 14.3. The van der Waals surface area contributed by atoms with Crippen molar-refractivity contribution >= 4 is 0 Å². The fourth-order valence-electron chi connectivity index (χ4n) is 6.98. The van der Waals surface area contributed by atoms with E-state index in [9.17, 15) is 5.11 Å². The molecule has 7 bridgehead atoms. The van der Waals surface area contributed by atoms with Gasteiger partial charge in [0.2, 0.25) is 5.75 Å². The summed E-state index contributed by atoms with van der Waals surface area (Å²) in [6.45, 7) is 1.72. The SMILES string of the molecule is COc1ccc2cc1-c1cc(ccc1O)CC1NCCc3cc4c(cc31)Oc1c(c(OC)cc3c1C(C2)NCC3)O4. The van der Waals surface area contributed by atoms with E-state index in [1.54, 1.807) is 20.3 Å². The van der Waals surface area contributed by atoms with E-state index in [1.807, 2.05) is 12.1 Å². The summed E-state index contributed by atoms with van der Waals surface area (Å²) in [7, 11) is 3.36. The standard InChI is InChI=1S/C34H32N2O5/c1-38-28-6-4-19-12-24(28)23-11-18(3-5-27(23)37)13-25-22-17-30-29(15-20(22)7-9-35-25)40-33-31(39-2)16-21-8-10-36-26(14-19)32(21)34(33)41-30/h3-6,11-12,15-17,25-26,35-37H,7-10,13-14H2,1-2H3. The molecule has 0 fully saturated rings. The number of nitrogens with one attached hydrogen (secondary N) is 2. The van der Waals surface area contributed by atoms with Crippen LogP contribution in [0.15, 0.2) is 54.6 Å². The highest BCUT2D eigenvalue weighted by molar-refractivity contribution is 5.77. The van der Waals surface area contributed by atoms with Crippen LogP contribution in [-0.2, 0) is 25.7 Å². The zero-order valence-electron chi connectivity index (χ0n) is 23.2. The van der Waals surface area contributed by atoms with Crippen LogP contribution in [0.2, 0.25) is 0 Å². The second-order valence-corrected chi connectivity index (χ2v) is 11.3. The number of benzene rings is 4. The van der Waals surface area contributed by atoms with Gasteiger partial charge in [-0.2, -0.15) is 0 Å². The predicted molar refractivity (Wildman–Crippen MR) is 156 cm³/mol. The summed E-state index contributed by atoms with van der Waals surface area (Å²) >= 11 is 0. The first-order valence-electron chi connectivity index (χ1n) is 14.3. The van der Waals surface area contributed by atoms with Gasteiger partial charge in [0.05, 0.1) is 14.2 Å². The summed E-state index contributed by atoms with van der Waals surface area (Å²) in [6.07, 6.45) is 3.28. The first kappa shape index (κ1) is 24.6. The first-order chi connectivity index (χ1) is 20.1. The lowest BCUT2D eigenvalue weighted by atomic mass is 9.86. The zero-order chi connectivity index (χ0) is 27.7. The number of fused-ring (bicyclic) bond motifs is 5. The van der Waals surface area contributed by atoms with Crippen LogP contribution in [-0.4, -0.2) is 32.4 Å². The van der Waals surface area contributed by atoms with Crippen LogP contribution in [0, 0.1) is 0 Å². The Morgan fingerprint density at radius 1 is 0.707 bits per heavy atom. The molecule has 41 heavy (non-hydrogen) atoms. The number of hydrogen-bond donors (Lipinski definition) is 3. The van der Waals surface area contributed by atoms with Crippen molar-refractivity contribution in [2.24, 2.45) is 0 Å². The molecule has 208 valence electrons. The van der Waals surface area contributed by atoms with Crippen LogP contribution in [0.5, 0.6) is 40.2 Å². The lowest BCUT2D eigenvalue weighted by molar-refractivity contribution is 0.318. The predicted octanol–water partition coefficient (Wildman–Crippen LogP) is 6.15. The summed E-state index contributed by atoms with van der Waals surface area (Å²) in [5.74, 6) is 4.49. The van der Waals surface area contributed by atoms with Crippen LogP contribution < -0.4 is 29.6 Å². The molecule has 0 aliphatic carbocycles. The highest BCUT2D eigenvalue weighted by atomic mass is 16.6. The third kappa shape index (κ3) is 3.95. The molecule has 0 saturated heterocycles. The van der Waals surface area contributed by atoms with Crippen LogP contribution >= 0.6 is 0 Å². The molecule has 0 amide bonds. The Morgan fingerprint density at radius 3 is 2.22 bits per heavy atom. The molecule has 0 radical (unpaired) electrons. The van der Waals surface area contributed by atoms with Gasteiger partial charge in [0.1, 0.15) is 11.5 Å². The van der Waals surface area contributed by atoms with Gasteiger partial charge in [0, 0.05) is 28.8 Å². The van der Waals surface area contributed by atoms with Gasteiger partial charge in [0.25, 0.3) is 0 Å². The van der Waals surface area contributed by atoms with E-state index in [0.717, 1.165) is 89.6 Å². The van der Waals surface area contributed by atoms with E-state index in [4.69, 9.17) is 18.9 Å². The summed E-state index contributed by atoms with van der Waals surface area (Å²) in [6, 6.07) is 18.6. The maximum atomic E-state index is 11.0. The molecule has 8 rings (SSSR count). The summed E-state index contributed by atoms with van der Waals surface area (Å²) in [5.41, 5.74) is 8.71. The Balaban J connectivity index is 1.38. The van der Waals surface area contributed by atoms with Gasteiger partial charge >= 0.3 is 0 Å². The number of hydrogen-bond acceptors (Lipinski definition) is 7. The maximum Gasteiger partial charge on any atom is 0.212 e. The molecule has 4 heterocycles. The highest BCUT2D eigenvalue weighted by Gasteiger charge is 2.35. The summed E-state index contributed by atoms with van der Waals surface area (Å²) < 4.78 is 25.0. The van der Waals surface area contributed by atoms with Gasteiger partial charge in [-0.05, 0) is 109 Å². The van der Waals surface area contributed by atoms with Crippen LogP contribution in [0.1, 0.15) is 45.5 Å². The van der Waals surface area contributed by atoms with Crippen molar-refractivity contribution in [2.45, 2.75) is 37.8 Å². The molecule has 4 aliphatic rings. The van der Waals surface area contributed by atoms with Crippen LogP contribution in [0.25, 0.3) is 11.1 Å². The lowest BCUT2D eigenvalue weighted by Crippen LogP contribution is -2.32. The highest BCUT2D eigenvalue weighted by Crippen LogP contribution is 2.55. The van der Waals surface area contributed by atoms with Crippen LogP contribution in [0.3, 0.4) is 0 Å². The van der Waals surface area contributed by atoms with Crippen molar-refractivity contribution in [1.29, 1.82) is 0 Å². The number of methoxy groups -OCH3 is 2. The van der Waals surface area contributed by atoms with E-state index in [0.29, 0.717) is 11.5 Å². The zero-order valence-corrected chi connectivity index (χ0v) is 23.2. The topological polar surface area (TPSA) is 81.2 Å². The molecule has 2 unspecified atom stereocenters. The van der Waals surface area contributed by atoms with Gasteiger partial charge in [0.15, 0.2) is 23.0 Å². The monoisotopic (exact) mass is 548 g/mol. The Bertz CT molecular complexity index is 1710. The molecular formula is C34H32N2O5. The molecule has 0 saturated carbocycles. The minimum absolute atomic E-state index is 0.00433. The molecule has 3 N–H and O–H groups in total. The third-order valence-corrected chi connectivity index (χ3v) is 8.96. The Kier molecular flexibility index (Phi) is 5.66. The Morgan fingerprint density at radius 2 is 1.39 bits per heavy atom. The molecule has 0 spiro atoms. The largest absolute Gasteiger partial charge is 0.507 e. The Labute approximate surface area is 239 Å². The normalized spacial score (nSPS) is 19.7. The molecule has 7 heteroatoms. The minimum atomic E-state index is 0.00433. The van der Waals surface area contributed by atoms with Crippen molar-refractivity contribution < 1.29 is 24.1 Å². The molecular weight excluding hydrogens is 516 g/mol. The smallest absolute Gasteiger partial charge is 0.212 e. The summed E-state index contributed by atoms with van der Waals surface area (Å²) in [5, 5.41) is 18.5. The second kappa shape index (κ2) is 9.43. The van der Waals surface area contributed by atoms with Gasteiger partial charge in [-0.3, -0.25) is 0 Å². The molecule has 4 aromatic carbocycles. The van der Waals surface area contributed by atoms with E-state index < -0.39 is 0 Å². The molecule has 7 nitrogen and oxygen atoms in total. The lowest BCUT2D eigenvalue weighted by Gasteiger charge is -2.34.